The third kappa shape index (κ3) is 2.98. The van der Waals surface area contributed by atoms with E-state index in [2.05, 4.69) is 4.98 Å². The molecule has 4 fully saturated rings. The summed E-state index contributed by atoms with van der Waals surface area (Å²) in [5, 5.41) is 0. The number of ether oxygens (including phenoxy) is 2. The van der Waals surface area contributed by atoms with E-state index in [1.165, 1.54) is 36.1 Å². The van der Waals surface area contributed by atoms with Crippen LogP contribution in [-0.2, 0) is 14.3 Å². The van der Waals surface area contributed by atoms with Gasteiger partial charge in [0.15, 0.2) is 6.23 Å². The van der Waals surface area contributed by atoms with E-state index in [-0.39, 0.29) is 24.1 Å². The van der Waals surface area contributed by atoms with Crippen LogP contribution in [-0.4, -0.2) is 28.2 Å². The third-order valence-electron chi connectivity index (χ3n) is 6.78. The number of hydrogen-bond acceptors (Lipinski definition) is 5. The van der Waals surface area contributed by atoms with Gasteiger partial charge in [0, 0.05) is 12.3 Å². The summed E-state index contributed by atoms with van der Waals surface area (Å²) < 4.78 is 12.8. The molecule has 6 rings (SSSR count). The molecule has 1 aromatic rings. The molecule has 0 aromatic carbocycles. The van der Waals surface area contributed by atoms with Gasteiger partial charge in [-0.05, 0) is 62.4 Å². The molecule has 7 nitrogen and oxygen atoms in total. The van der Waals surface area contributed by atoms with Crippen molar-refractivity contribution in [3.05, 3.63) is 45.3 Å². The zero-order valence-electron chi connectivity index (χ0n) is 15.1. The van der Waals surface area contributed by atoms with E-state index in [0.29, 0.717) is 17.8 Å². The molecule has 1 aromatic heterocycles. The zero-order chi connectivity index (χ0) is 18.6. The SMILES string of the molecule is O=C(OC[C@@H]1C=C[C@H](n2ccc(=O)[nH]c2=O)O1)C12CC3CC(CC(C3)C1)C2. The Labute approximate surface area is 156 Å². The summed E-state index contributed by atoms with van der Waals surface area (Å²) in [4.78, 5) is 38.2. The molecule has 0 radical (unpaired) electrons. The van der Waals surface area contributed by atoms with Gasteiger partial charge in [-0.2, -0.15) is 0 Å². The Morgan fingerprint density at radius 2 is 1.81 bits per heavy atom. The van der Waals surface area contributed by atoms with Gasteiger partial charge < -0.3 is 9.47 Å². The monoisotopic (exact) mass is 372 g/mol. The molecule has 1 N–H and O–H groups in total. The van der Waals surface area contributed by atoms with Crippen LogP contribution >= 0.6 is 0 Å². The molecular formula is C20H24N2O5. The molecule has 0 unspecified atom stereocenters. The van der Waals surface area contributed by atoms with Crippen LogP contribution in [0.4, 0.5) is 0 Å². The highest BCUT2D eigenvalue weighted by atomic mass is 16.6. The van der Waals surface area contributed by atoms with Gasteiger partial charge in [0.25, 0.3) is 5.56 Å². The number of aromatic nitrogens is 2. The van der Waals surface area contributed by atoms with Crippen molar-refractivity contribution in [2.45, 2.75) is 50.9 Å². The second-order valence-corrected chi connectivity index (χ2v) is 8.76. The van der Waals surface area contributed by atoms with E-state index in [9.17, 15) is 14.4 Å². The molecule has 2 heterocycles. The predicted octanol–water partition coefficient (Wildman–Crippen LogP) is 1.75. The normalized spacial score (nSPS) is 39.0. The molecule has 0 spiro atoms. The fourth-order valence-corrected chi connectivity index (χ4v) is 6.04. The molecule has 4 aliphatic carbocycles. The Balaban J connectivity index is 1.20. The van der Waals surface area contributed by atoms with E-state index in [1.807, 2.05) is 0 Å². The second kappa shape index (κ2) is 6.19. The minimum absolute atomic E-state index is 0.0664. The lowest BCUT2D eigenvalue weighted by atomic mass is 9.49. The molecule has 0 saturated heterocycles. The number of hydrogen-bond donors (Lipinski definition) is 1. The first-order valence-electron chi connectivity index (χ1n) is 9.83. The highest BCUT2D eigenvalue weighted by Crippen LogP contribution is 2.60. The van der Waals surface area contributed by atoms with Gasteiger partial charge in [-0.25, -0.2) is 4.79 Å². The van der Waals surface area contributed by atoms with Gasteiger partial charge in [-0.15, -0.1) is 0 Å². The van der Waals surface area contributed by atoms with Crippen molar-refractivity contribution in [3.63, 3.8) is 0 Å². The molecule has 2 atom stereocenters. The second-order valence-electron chi connectivity index (χ2n) is 8.76. The highest BCUT2D eigenvalue weighted by Gasteiger charge is 2.55. The van der Waals surface area contributed by atoms with Crippen molar-refractivity contribution in [2.24, 2.45) is 23.2 Å². The van der Waals surface area contributed by atoms with Gasteiger partial charge >= 0.3 is 11.7 Å². The average Bonchev–Trinajstić information content (AvgIpc) is 3.07. The molecule has 27 heavy (non-hydrogen) atoms. The first-order chi connectivity index (χ1) is 13.0. The maximum absolute atomic E-state index is 12.9. The Morgan fingerprint density at radius 1 is 1.15 bits per heavy atom. The number of H-pyrrole nitrogens is 1. The van der Waals surface area contributed by atoms with Crippen molar-refractivity contribution in [1.82, 2.24) is 9.55 Å². The Morgan fingerprint density at radius 3 is 2.44 bits per heavy atom. The highest BCUT2D eigenvalue weighted by molar-refractivity contribution is 5.77. The van der Waals surface area contributed by atoms with Crippen molar-refractivity contribution in [2.75, 3.05) is 6.61 Å². The quantitative estimate of drug-likeness (QED) is 0.642. The van der Waals surface area contributed by atoms with E-state index in [4.69, 9.17) is 9.47 Å². The largest absolute Gasteiger partial charge is 0.462 e. The fourth-order valence-electron chi connectivity index (χ4n) is 6.04. The number of rotatable bonds is 4. The van der Waals surface area contributed by atoms with Crippen LogP contribution < -0.4 is 11.2 Å². The maximum Gasteiger partial charge on any atom is 0.330 e. The first kappa shape index (κ1) is 17.0. The predicted molar refractivity (Wildman–Crippen MR) is 95.9 cm³/mol. The molecule has 0 amide bonds. The van der Waals surface area contributed by atoms with Crippen molar-refractivity contribution in [1.29, 1.82) is 0 Å². The van der Waals surface area contributed by atoms with Crippen LogP contribution in [0.15, 0.2) is 34.0 Å². The lowest BCUT2D eigenvalue weighted by molar-refractivity contribution is -0.175. The van der Waals surface area contributed by atoms with E-state index < -0.39 is 17.5 Å². The van der Waals surface area contributed by atoms with Crippen LogP contribution in [0, 0.1) is 23.2 Å². The van der Waals surface area contributed by atoms with Gasteiger partial charge in [0.1, 0.15) is 12.7 Å². The molecule has 144 valence electrons. The first-order valence-corrected chi connectivity index (χ1v) is 9.83. The number of carbonyl (C=O) groups is 1. The number of nitrogens with zero attached hydrogens (tertiary/aromatic N) is 1. The lowest BCUT2D eigenvalue weighted by Crippen LogP contribution is -2.50. The summed E-state index contributed by atoms with van der Waals surface area (Å²) >= 11 is 0. The summed E-state index contributed by atoms with van der Waals surface area (Å²) in [6.45, 7) is 0.158. The number of esters is 1. The molecule has 4 bridgehead atoms. The van der Waals surface area contributed by atoms with Crippen LogP contribution in [0.5, 0.6) is 0 Å². The maximum atomic E-state index is 12.9. The van der Waals surface area contributed by atoms with Gasteiger partial charge in [-0.3, -0.25) is 19.1 Å². The van der Waals surface area contributed by atoms with Crippen molar-refractivity contribution >= 4 is 5.97 Å². The van der Waals surface area contributed by atoms with Crippen molar-refractivity contribution < 1.29 is 14.3 Å². The van der Waals surface area contributed by atoms with E-state index in [1.54, 1.807) is 12.2 Å². The lowest BCUT2D eigenvalue weighted by Gasteiger charge is -2.55. The van der Waals surface area contributed by atoms with Crippen LogP contribution in [0.1, 0.15) is 44.8 Å². The summed E-state index contributed by atoms with van der Waals surface area (Å²) in [6, 6.07) is 1.28. The molecule has 7 heteroatoms. The standard InChI is InChI=1S/C20H24N2O5/c23-16-3-4-22(19(25)21-16)17-2-1-15(27-17)11-26-18(24)20-8-12-5-13(9-20)7-14(6-12)10-20/h1-4,12-15,17H,5-11H2,(H,21,23,25)/t12?,13?,14?,15-,17+,20?/m0/s1. The minimum Gasteiger partial charge on any atom is -0.462 e. The van der Waals surface area contributed by atoms with Crippen molar-refractivity contribution in [3.8, 4) is 0 Å². The number of nitrogens with one attached hydrogen (secondary N) is 1. The Kier molecular flexibility index (Phi) is 3.89. The van der Waals surface area contributed by atoms with Crippen LogP contribution in [0.2, 0.25) is 0 Å². The van der Waals surface area contributed by atoms with Gasteiger partial charge in [-0.1, -0.05) is 6.08 Å². The topological polar surface area (TPSA) is 90.4 Å². The molecule has 1 aliphatic heterocycles. The molecular weight excluding hydrogens is 348 g/mol. The summed E-state index contributed by atoms with van der Waals surface area (Å²) in [7, 11) is 0. The molecule has 4 saturated carbocycles. The van der Waals surface area contributed by atoms with Gasteiger partial charge in [0.2, 0.25) is 0 Å². The fraction of sp³-hybridized carbons (Fsp3) is 0.650. The van der Waals surface area contributed by atoms with Crippen LogP contribution in [0.25, 0.3) is 0 Å². The van der Waals surface area contributed by atoms with Gasteiger partial charge in [0.05, 0.1) is 5.41 Å². The Bertz CT molecular complexity index is 863. The smallest absolute Gasteiger partial charge is 0.330 e. The molecule has 5 aliphatic rings. The number of carbonyl (C=O) groups excluding carboxylic acids is 1. The summed E-state index contributed by atoms with van der Waals surface area (Å²) in [5.41, 5.74) is -1.24. The number of aromatic amines is 1. The van der Waals surface area contributed by atoms with Crippen LogP contribution in [0.3, 0.4) is 0 Å². The third-order valence-corrected chi connectivity index (χ3v) is 6.78. The van der Waals surface area contributed by atoms with E-state index in [0.717, 1.165) is 19.3 Å². The minimum atomic E-state index is -0.599. The average molecular weight is 372 g/mol. The Hall–Kier alpha value is -2.15. The zero-order valence-corrected chi connectivity index (χ0v) is 15.1. The van der Waals surface area contributed by atoms with E-state index >= 15 is 0 Å². The summed E-state index contributed by atoms with van der Waals surface area (Å²) in [6.07, 6.45) is 10.8. The summed E-state index contributed by atoms with van der Waals surface area (Å²) in [5.74, 6) is 2.03.